The first-order valence-electron chi connectivity index (χ1n) is 6.00. The number of benzene rings is 2. The third kappa shape index (κ3) is 4.10. The van der Waals surface area contributed by atoms with Crippen LogP contribution in [0.2, 0.25) is 0 Å². The Labute approximate surface area is 121 Å². The van der Waals surface area contributed by atoms with E-state index in [2.05, 4.69) is 21.2 Å². The second-order valence-corrected chi connectivity index (χ2v) is 5.21. The fourth-order valence-electron chi connectivity index (χ4n) is 1.82. The number of anilines is 1. The van der Waals surface area contributed by atoms with Gasteiger partial charge in [-0.1, -0.05) is 46.3 Å². The highest BCUT2D eigenvalue weighted by Crippen LogP contribution is 2.16. The molecule has 0 radical (unpaired) electrons. The van der Waals surface area contributed by atoms with Crippen molar-refractivity contribution in [2.45, 2.75) is 12.5 Å². The third-order valence-corrected chi connectivity index (χ3v) is 3.34. The smallest absolute Gasteiger partial charge is 0.240 e. The van der Waals surface area contributed by atoms with E-state index < -0.39 is 6.04 Å². The first-order valence-corrected chi connectivity index (χ1v) is 6.80. The first-order chi connectivity index (χ1) is 9.15. The fraction of sp³-hybridized carbons (Fsp3) is 0.133. The van der Waals surface area contributed by atoms with E-state index in [1.165, 1.54) is 0 Å². The molecule has 2 aromatic rings. The van der Waals surface area contributed by atoms with Crippen LogP contribution in [-0.2, 0) is 11.2 Å². The number of rotatable bonds is 5. The summed E-state index contributed by atoms with van der Waals surface area (Å²) in [6.45, 7) is 0. The van der Waals surface area contributed by atoms with Gasteiger partial charge in [0.1, 0.15) is 6.04 Å². The SMILES string of the molecule is NC(=O)[C@H](Cc1ccccc1)Nc1ccc(Br)cc1. The molecule has 0 heterocycles. The number of hydrogen-bond donors (Lipinski definition) is 2. The Kier molecular flexibility index (Phi) is 4.58. The highest BCUT2D eigenvalue weighted by Gasteiger charge is 2.15. The number of halogens is 1. The Balaban J connectivity index is 2.08. The summed E-state index contributed by atoms with van der Waals surface area (Å²) in [4.78, 5) is 11.5. The van der Waals surface area contributed by atoms with Gasteiger partial charge in [0.15, 0.2) is 0 Å². The lowest BCUT2D eigenvalue weighted by molar-refractivity contribution is -0.118. The van der Waals surface area contributed by atoms with E-state index in [-0.39, 0.29) is 5.91 Å². The molecule has 19 heavy (non-hydrogen) atoms. The molecule has 0 saturated carbocycles. The Morgan fingerprint density at radius 3 is 2.32 bits per heavy atom. The van der Waals surface area contributed by atoms with Crippen molar-refractivity contribution in [2.75, 3.05) is 5.32 Å². The predicted molar refractivity (Wildman–Crippen MR) is 80.9 cm³/mol. The molecule has 2 rings (SSSR count). The van der Waals surface area contributed by atoms with E-state index in [9.17, 15) is 4.79 Å². The Bertz CT molecular complexity index is 540. The van der Waals surface area contributed by atoms with Crippen LogP contribution in [0.1, 0.15) is 5.56 Å². The van der Waals surface area contributed by atoms with Crippen molar-refractivity contribution in [1.82, 2.24) is 0 Å². The standard InChI is InChI=1S/C15H15BrN2O/c16-12-6-8-13(9-7-12)18-14(15(17)19)10-11-4-2-1-3-5-11/h1-9,14,18H,10H2,(H2,17,19)/t14-/m0/s1. The molecule has 4 heteroatoms. The molecule has 0 aliphatic rings. The van der Waals surface area contributed by atoms with Gasteiger partial charge in [-0.2, -0.15) is 0 Å². The summed E-state index contributed by atoms with van der Waals surface area (Å²) in [5, 5.41) is 3.16. The van der Waals surface area contributed by atoms with Crippen molar-refractivity contribution in [3.05, 3.63) is 64.6 Å². The molecule has 0 spiro atoms. The normalized spacial score (nSPS) is 11.8. The largest absolute Gasteiger partial charge is 0.373 e. The van der Waals surface area contributed by atoms with Gasteiger partial charge in [0, 0.05) is 16.6 Å². The molecular formula is C15H15BrN2O. The molecule has 98 valence electrons. The lowest BCUT2D eigenvalue weighted by Gasteiger charge is -2.17. The van der Waals surface area contributed by atoms with Gasteiger partial charge >= 0.3 is 0 Å². The van der Waals surface area contributed by atoms with Gasteiger partial charge in [-0.05, 0) is 29.8 Å². The summed E-state index contributed by atoms with van der Waals surface area (Å²) < 4.78 is 0.997. The molecule has 1 amide bonds. The minimum atomic E-state index is -0.413. The number of nitrogens with two attached hydrogens (primary N) is 1. The van der Waals surface area contributed by atoms with Crippen molar-refractivity contribution in [3.8, 4) is 0 Å². The number of primary amides is 1. The zero-order valence-electron chi connectivity index (χ0n) is 10.3. The van der Waals surface area contributed by atoms with Gasteiger partial charge < -0.3 is 11.1 Å². The van der Waals surface area contributed by atoms with Crippen molar-refractivity contribution in [1.29, 1.82) is 0 Å². The molecule has 1 atom stereocenters. The summed E-state index contributed by atoms with van der Waals surface area (Å²) in [6, 6.07) is 17.1. The number of carbonyl (C=O) groups is 1. The molecule has 2 aromatic carbocycles. The molecule has 0 bridgehead atoms. The van der Waals surface area contributed by atoms with E-state index in [4.69, 9.17) is 5.73 Å². The van der Waals surface area contributed by atoms with Gasteiger partial charge in [-0.15, -0.1) is 0 Å². The number of amides is 1. The highest BCUT2D eigenvalue weighted by molar-refractivity contribution is 9.10. The number of hydrogen-bond acceptors (Lipinski definition) is 2. The van der Waals surface area contributed by atoms with Crippen LogP contribution in [0.5, 0.6) is 0 Å². The molecule has 0 fully saturated rings. The average molecular weight is 319 g/mol. The lowest BCUT2D eigenvalue weighted by Crippen LogP contribution is -2.37. The Morgan fingerprint density at radius 2 is 1.74 bits per heavy atom. The minimum absolute atomic E-state index is 0.355. The highest BCUT2D eigenvalue weighted by atomic mass is 79.9. The van der Waals surface area contributed by atoms with Crippen LogP contribution < -0.4 is 11.1 Å². The molecular weight excluding hydrogens is 304 g/mol. The Morgan fingerprint density at radius 1 is 1.11 bits per heavy atom. The van der Waals surface area contributed by atoms with Crippen molar-refractivity contribution < 1.29 is 4.79 Å². The summed E-state index contributed by atoms with van der Waals surface area (Å²) in [5.74, 6) is -0.355. The third-order valence-electron chi connectivity index (χ3n) is 2.81. The monoisotopic (exact) mass is 318 g/mol. The van der Waals surface area contributed by atoms with Crippen molar-refractivity contribution in [3.63, 3.8) is 0 Å². The van der Waals surface area contributed by atoms with Crippen LogP contribution in [0.25, 0.3) is 0 Å². The van der Waals surface area contributed by atoms with Crippen LogP contribution >= 0.6 is 15.9 Å². The van der Waals surface area contributed by atoms with E-state index in [0.717, 1.165) is 15.7 Å². The average Bonchev–Trinajstić information content (AvgIpc) is 2.41. The van der Waals surface area contributed by atoms with Crippen LogP contribution in [0.3, 0.4) is 0 Å². The fourth-order valence-corrected chi connectivity index (χ4v) is 2.08. The number of nitrogens with one attached hydrogen (secondary N) is 1. The van der Waals surface area contributed by atoms with Gasteiger partial charge in [0.05, 0.1) is 0 Å². The maximum absolute atomic E-state index is 11.5. The summed E-state index contributed by atoms with van der Waals surface area (Å²) >= 11 is 3.37. The van der Waals surface area contributed by atoms with Crippen molar-refractivity contribution in [2.24, 2.45) is 5.73 Å². The first kappa shape index (κ1) is 13.6. The molecule has 3 nitrogen and oxygen atoms in total. The zero-order valence-corrected chi connectivity index (χ0v) is 11.9. The minimum Gasteiger partial charge on any atom is -0.373 e. The van der Waals surface area contributed by atoms with Crippen LogP contribution in [0.15, 0.2) is 59.1 Å². The van der Waals surface area contributed by atoms with Crippen LogP contribution in [0, 0.1) is 0 Å². The molecule has 3 N–H and O–H groups in total. The summed E-state index contributed by atoms with van der Waals surface area (Å²) in [5.41, 5.74) is 7.41. The maximum atomic E-state index is 11.5. The Hall–Kier alpha value is -1.81. The molecule has 0 saturated heterocycles. The maximum Gasteiger partial charge on any atom is 0.240 e. The van der Waals surface area contributed by atoms with Gasteiger partial charge in [-0.3, -0.25) is 4.79 Å². The summed E-state index contributed by atoms with van der Waals surface area (Å²) in [7, 11) is 0. The second kappa shape index (κ2) is 6.38. The van der Waals surface area contributed by atoms with E-state index in [0.29, 0.717) is 6.42 Å². The topological polar surface area (TPSA) is 55.1 Å². The van der Waals surface area contributed by atoms with Crippen molar-refractivity contribution >= 4 is 27.5 Å². The van der Waals surface area contributed by atoms with E-state index >= 15 is 0 Å². The van der Waals surface area contributed by atoms with E-state index in [1.807, 2.05) is 54.6 Å². The number of carbonyl (C=O) groups excluding carboxylic acids is 1. The molecule has 0 aliphatic heterocycles. The van der Waals surface area contributed by atoms with Gasteiger partial charge in [0.25, 0.3) is 0 Å². The molecule has 0 unspecified atom stereocenters. The van der Waals surface area contributed by atoms with Crippen LogP contribution in [0.4, 0.5) is 5.69 Å². The summed E-state index contributed by atoms with van der Waals surface area (Å²) in [6.07, 6.45) is 0.576. The molecule has 0 aliphatic carbocycles. The van der Waals surface area contributed by atoms with Gasteiger partial charge in [0.2, 0.25) is 5.91 Å². The van der Waals surface area contributed by atoms with Crippen LogP contribution in [-0.4, -0.2) is 11.9 Å². The quantitative estimate of drug-likeness (QED) is 0.890. The zero-order chi connectivity index (χ0) is 13.7. The predicted octanol–water partition coefficient (Wildman–Crippen LogP) is 2.96. The second-order valence-electron chi connectivity index (χ2n) is 4.30. The van der Waals surface area contributed by atoms with E-state index in [1.54, 1.807) is 0 Å². The molecule has 0 aromatic heterocycles. The lowest BCUT2D eigenvalue weighted by atomic mass is 10.1. The van der Waals surface area contributed by atoms with Gasteiger partial charge in [-0.25, -0.2) is 0 Å².